The number of carbonyl (C=O) groups is 1. The van der Waals surface area contributed by atoms with Crippen LogP contribution >= 0.6 is 0 Å². The Morgan fingerprint density at radius 1 is 1.40 bits per heavy atom. The number of aromatic nitrogens is 2. The lowest BCUT2D eigenvalue weighted by atomic mass is 9.98. The quantitative estimate of drug-likeness (QED) is 0.876. The predicted molar refractivity (Wildman–Crippen MR) is 77.9 cm³/mol. The van der Waals surface area contributed by atoms with E-state index in [9.17, 15) is 4.79 Å². The molecule has 0 spiro atoms. The molecule has 1 aliphatic heterocycles. The number of primary amides is 1. The molecule has 0 fully saturated rings. The number of anilines is 1. The first-order chi connectivity index (χ1) is 9.58. The molecule has 1 aliphatic rings. The number of nitrogens with zero attached hydrogens (tertiary/aromatic N) is 2. The van der Waals surface area contributed by atoms with E-state index in [1.165, 1.54) is 16.7 Å². The Hall–Kier alpha value is -2.30. The van der Waals surface area contributed by atoms with Gasteiger partial charge in [0.15, 0.2) is 0 Å². The third-order valence-electron chi connectivity index (χ3n) is 3.98. The second-order valence-corrected chi connectivity index (χ2v) is 5.29. The average Bonchev–Trinajstić information content (AvgIpc) is 2.86. The Kier molecular flexibility index (Phi) is 2.97. The maximum absolute atomic E-state index is 11.4. The lowest BCUT2D eigenvalue weighted by Gasteiger charge is -2.27. The van der Waals surface area contributed by atoms with Crippen molar-refractivity contribution in [2.45, 2.75) is 26.3 Å². The molecular formula is C15H18N4O. The molecule has 5 nitrogen and oxygen atoms in total. The molecule has 3 N–H and O–H groups in total. The molecule has 0 saturated heterocycles. The Labute approximate surface area is 117 Å². The van der Waals surface area contributed by atoms with E-state index in [0.717, 1.165) is 18.8 Å². The van der Waals surface area contributed by atoms with Crippen LogP contribution in [0.15, 0.2) is 24.4 Å². The Morgan fingerprint density at radius 2 is 2.20 bits per heavy atom. The number of aryl methyl sites for hydroxylation is 2. The smallest absolute Gasteiger partial charge is 0.254 e. The number of fused-ring (bicyclic) bond motifs is 1. The van der Waals surface area contributed by atoms with E-state index in [2.05, 4.69) is 42.5 Å². The van der Waals surface area contributed by atoms with Crippen molar-refractivity contribution in [1.82, 2.24) is 9.78 Å². The van der Waals surface area contributed by atoms with Gasteiger partial charge in [0.25, 0.3) is 5.91 Å². The van der Waals surface area contributed by atoms with Crippen molar-refractivity contribution in [3.63, 3.8) is 0 Å². The molecule has 2 heterocycles. The molecule has 1 atom stereocenters. The number of nitrogens with two attached hydrogens (primary N) is 1. The minimum atomic E-state index is -0.445. The highest BCUT2D eigenvalue weighted by molar-refractivity contribution is 5.97. The van der Waals surface area contributed by atoms with Crippen LogP contribution in [0.1, 0.15) is 39.5 Å². The van der Waals surface area contributed by atoms with E-state index < -0.39 is 5.91 Å². The maximum atomic E-state index is 11.4. The van der Waals surface area contributed by atoms with E-state index >= 15 is 0 Å². The van der Waals surface area contributed by atoms with Crippen LogP contribution in [0.2, 0.25) is 0 Å². The summed E-state index contributed by atoms with van der Waals surface area (Å²) in [6.07, 6.45) is 2.49. The zero-order chi connectivity index (χ0) is 14.3. The molecule has 1 unspecified atom stereocenters. The number of carbonyl (C=O) groups excluding carboxylic acids is 1. The molecule has 0 saturated carbocycles. The highest BCUT2D eigenvalue weighted by Crippen LogP contribution is 2.31. The van der Waals surface area contributed by atoms with Crippen molar-refractivity contribution in [3.8, 4) is 0 Å². The molecule has 0 radical (unpaired) electrons. The summed E-state index contributed by atoms with van der Waals surface area (Å²) < 4.78 is 1.87. The van der Waals surface area contributed by atoms with E-state index in [-0.39, 0.29) is 6.04 Å². The molecule has 0 bridgehead atoms. The number of nitrogens with one attached hydrogen (secondary N) is 1. The first-order valence-electron chi connectivity index (χ1n) is 6.76. The van der Waals surface area contributed by atoms with Gasteiger partial charge in [0.1, 0.15) is 11.4 Å². The van der Waals surface area contributed by atoms with E-state index in [1.54, 1.807) is 6.20 Å². The average molecular weight is 270 g/mol. The maximum Gasteiger partial charge on any atom is 0.254 e. The minimum absolute atomic E-state index is 0.152. The second-order valence-electron chi connectivity index (χ2n) is 5.29. The zero-order valence-electron chi connectivity index (χ0n) is 11.7. The van der Waals surface area contributed by atoms with Crippen molar-refractivity contribution in [2.75, 3.05) is 11.9 Å². The van der Waals surface area contributed by atoms with Crippen molar-refractivity contribution in [2.24, 2.45) is 5.73 Å². The fourth-order valence-corrected chi connectivity index (χ4v) is 2.68. The third kappa shape index (κ3) is 1.95. The van der Waals surface area contributed by atoms with Crippen molar-refractivity contribution >= 4 is 11.7 Å². The van der Waals surface area contributed by atoms with Gasteiger partial charge >= 0.3 is 0 Å². The van der Waals surface area contributed by atoms with Crippen LogP contribution in [-0.4, -0.2) is 22.2 Å². The lowest BCUT2D eigenvalue weighted by Crippen LogP contribution is -2.26. The zero-order valence-corrected chi connectivity index (χ0v) is 11.7. The Bertz CT molecular complexity index is 675. The standard InChI is InChI=1S/C15H18N4O/c1-9-3-4-11(7-10(9)2)13-5-6-17-15-12(14(16)20)8-18-19(13)15/h3-4,7-8,13,17H,5-6H2,1-2H3,(H2,16,20). The highest BCUT2D eigenvalue weighted by Gasteiger charge is 2.26. The van der Waals surface area contributed by atoms with Gasteiger partial charge in [-0.15, -0.1) is 0 Å². The molecule has 1 amide bonds. The molecule has 5 heteroatoms. The van der Waals surface area contributed by atoms with Crippen LogP contribution in [0.25, 0.3) is 0 Å². The Balaban J connectivity index is 2.05. The summed E-state index contributed by atoms with van der Waals surface area (Å²) in [6.45, 7) is 5.02. The number of amides is 1. The largest absolute Gasteiger partial charge is 0.369 e. The number of benzene rings is 1. The van der Waals surface area contributed by atoms with Crippen LogP contribution in [0.5, 0.6) is 0 Å². The Morgan fingerprint density at radius 3 is 2.90 bits per heavy atom. The van der Waals surface area contributed by atoms with Gasteiger partial charge in [0, 0.05) is 6.54 Å². The predicted octanol–water partition coefficient (Wildman–Crippen LogP) is 2.00. The summed E-state index contributed by atoms with van der Waals surface area (Å²) in [5, 5.41) is 7.56. The van der Waals surface area contributed by atoms with Crippen molar-refractivity contribution in [3.05, 3.63) is 46.6 Å². The molecule has 2 aromatic rings. The van der Waals surface area contributed by atoms with Gasteiger partial charge in [-0.1, -0.05) is 18.2 Å². The summed E-state index contributed by atoms with van der Waals surface area (Å²) in [7, 11) is 0. The van der Waals surface area contributed by atoms with Crippen molar-refractivity contribution in [1.29, 1.82) is 0 Å². The fourth-order valence-electron chi connectivity index (χ4n) is 2.68. The first-order valence-corrected chi connectivity index (χ1v) is 6.76. The van der Waals surface area contributed by atoms with E-state index in [1.807, 2.05) is 4.68 Å². The third-order valence-corrected chi connectivity index (χ3v) is 3.98. The van der Waals surface area contributed by atoms with Gasteiger partial charge in [-0.25, -0.2) is 4.68 Å². The minimum Gasteiger partial charge on any atom is -0.369 e. The van der Waals surface area contributed by atoms with E-state index in [0.29, 0.717) is 5.56 Å². The van der Waals surface area contributed by atoms with Crippen LogP contribution < -0.4 is 11.1 Å². The summed E-state index contributed by atoms with van der Waals surface area (Å²) in [4.78, 5) is 11.4. The first kappa shape index (κ1) is 12.7. The van der Waals surface area contributed by atoms with Crippen LogP contribution in [0.3, 0.4) is 0 Å². The number of hydrogen-bond acceptors (Lipinski definition) is 3. The molecular weight excluding hydrogens is 252 g/mol. The van der Waals surface area contributed by atoms with Crippen molar-refractivity contribution < 1.29 is 4.79 Å². The van der Waals surface area contributed by atoms with Gasteiger partial charge < -0.3 is 11.1 Å². The normalized spacial score (nSPS) is 17.4. The second kappa shape index (κ2) is 4.67. The lowest BCUT2D eigenvalue weighted by molar-refractivity contribution is 0.100. The summed E-state index contributed by atoms with van der Waals surface area (Å²) in [6, 6.07) is 6.61. The molecule has 0 aliphatic carbocycles. The van der Waals surface area contributed by atoms with Gasteiger partial charge in [-0.2, -0.15) is 5.10 Å². The highest BCUT2D eigenvalue weighted by atomic mass is 16.1. The van der Waals surface area contributed by atoms with Gasteiger partial charge in [-0.05, 0) is 37.0 Å². The van der Waals surface area contributed by atoms with Gasteiger partial charge in [-0.3, -0.25) is 4.79 Å². The molecule has 1 aromatic heterocycles. The van der Waals surface area contributed by atoms with Crippen LogP contribution in [-0.2, 0) is 0 Å². The van der Waals surface area contributed by atoms with Crippen LogP contribution in [0, 0.1) is 13.8 Å². The molecule has 1 aromatic carbocycles. The topological polar surface area (TPSA) is 72.9 Å². The van der Waals surface area contributed by atoms with Gasteiger partial charge in [0.2, 0.25) is 0 Å². The SMILES string of the molecule is Cc1ccc(C2CCNc3c(C(N)=O)cnn32)cc1C. The molecule has 3 rings (SSSR count). The molecule has 104 valence electrons. The number of rotatable bonds is 2. The molecule has 20 heavy (non-hydrogen) atoms. The van der Waals surface area contributed by atoms with Crippen LogP contribution in [0.4, 0.5) is 5.82 Å². The van der Waals surface area contributed by atoms with Gasteiger partial charge in [0.05, 0.1) is 12.2 Å². The summed E-state index contributed by atoms with van der Waals surface area (Å²) in [5.41, 5.74) is 9.60. The fraction of sp³-hybridized carbons (Fsp3) is 0.333. The monoisotopic (exact) mass is 270 g/mol. The summed E-state index contributed by atoms with van der Waals surface area (Å²) in [5.74, 6) is 0.284. The van der Waals surface area contributed by atoms with E-state index in [4.69, 9.17) is 5.73 Å². The summed E-state index contributed by atoms with van der Waals surface area (Å²) >= 11 is 0. The number of hydrogen-bond donors (Lipinski definition) is 2.